The van der Waals surface area contributed by atoms with Crippen molar-refractivity contribution in [1.82, 2.24) is 15.2 Å². The number of carbonyl (C=O) groups is 2. The Kier molecular flexibility index (Phi) is 4.60. The van der Waals surface area contributed by atoms with Crippen LogP contribution in [-0.4, -0.2) is 33.3 Å². The fourth-order valence-electron chi connectivity index (χ4n) is 2.94. The highest BCUT2D eigenvalue weighted by Gasteiger charge is 2.48. The quantitative estimate of drug-likeness (QED) is 0.900. The summed E-state index contributed by atoms with van der Waals surface area (Å²) in [5, 5.41) is 2.95. The molecule has 1 aliphatic heterocycles. The Labute approximate surface area is 125 Å². The number of rotatable bonds is 5. The van der Waals surface area contributed by atoms with Crippen molar-refractivity contribution in [2.45, 2.75) is 58.2 Å². The summed E-state index contributed by atoms with van der Waals surface area (Å²) in [7, 11) is 0. The van der Waals surface area contributed by atoms with Crippen molar-refractivity contribution in [2.24, 2.45) is 0 Å². The highest BCUT2D eigenvalue weighted by atomic mass is 16.2. The monoisotopic (exact) mass is 289 g/mol. The minimum Gasteiger partial charge on any atom is -0.340 e. The Hall–Kier alpha value is -1.91. The van der Waals surface area contributed by atoms with Gasteiger partial charge in [0.2, 0.25) is 11.8 Å². The maximum absolute atomic E-state index is 12.9. The third-order valence-electron chi connectivity index (χ3n) is 4.38. The molecule has 114 valence electrons. The van der Waals surface area contributed by atoms with Crippen molar-refractivity contribution in [2.75, 3.05) is 0 Å². The molecule has 2 amide bonds. The summed E-state index contributed by atoms with van der Waals surface area (Å²) in [6, 6.07) is 3.38. The highest BCUT2D eigenvalue weighted by molar-refractivity contribution is 5.99. The molecule has 1 atom stereocenters. The molecule has 1 saturated heterocycles. The molecule has 1 aromatic heterocycles. The average molecular weight is 289 g/mol. The van der Waals surface area contributed by atoms with E-state index < -0.39 is 11.6 Å². The van der Waals surface area contributed by atoms with Gasteiger partial charge in [0.25, 0.3) is 0 Å². The van der Waals surface area contributed by atoms with Crippen molar-refractivity contribution in [3.05, 3.63) is 30.1 Å². The molecule has 1 unspecified atom stereocenters. The van der Waals surface area contributed by atoms with Crippen LogP contribution < -0.4 is 5.32 Å². The molecular formula is C16H23N3O2. The molecule has 1 fully saturated rings. The molecule has 5 heteroatoms. The number of carbonyl (C=O) groups excluding carboxylic acids is 2. The third-order valence-corrected chi connectivity index (χ3v) is 4.38. The Bertz CT molecular complexity index is 512. The summed E-state index contributed by atoms with van der Waals surface area (Å²) in [6.45, 7) is 6.24. The van der Waals surface area contributed by atoms with E-state index in [2.05, 4.69) is 10.3 Å². The van der Waals surface area contributed by atoms with Crippen molar-refractivity contribution in [3.8, 4) is 0 Å². The van der Waals surface area contributed by atoms with Gasteiger partial charge in [-0.1, -0.05) is 26.8 Å². The number of nitrogens with one attached hydrogen (secondary N) is 1. The molecule has 2 rings (SSSR count). The number of nitrogens with zero attached hydrogens (tertiary/aromatic N) is 2. The lowest BCUT2D eigenvalue weighted by molar-refractivity contribution is -0.156. The van der Waals surface area contributed by atoms with Gasteiger partial charge in [-0.25, -0.2) is 0 Å². The maximum atomic E-state index is 12.9. The van der Waals surface area contributed by atoms with Crippen LogP contribution in [0.1, 0.15) is 45.6 Å². The zero-order valence-electron chi connectivity index (χ0n) is 12.9. The van der Waals surface area contributed by atoms with Gasteiger partial charge in [-0.05, 0) is 30.9 Å². The Balaban J connectivity index is 2.33. The number of hydrogen-bond acceptors (Lipinski definition) is 3. The van der Waals surface area contributed by atoms with E-state index in [4.69, 9.17) is 0 Å². The highest BCUT2D eigenvalue weighted by Crippen LogP contribution is 2.27. The number of piperazine rings is 1. The molecule has 2 heterocycles. The zero-order chi connectivity index (χ0) is 15.5. The van der Waals surface area contributed by atoms with Gasteiger partial charge < -0.3 is 10.2 Å². The van der Waals surface area contributed by atoms with Gasteiger partial charge in [0.05, 0.1) is 0 Å². The molecule has 21 heavy (non-hydrogen) atoms. The molecule has 0 saturated carbocycles. The summed E-state index contributed by atoms with van der Waals surface area (Å²) in [5.41, 5.74) is 0.186. The van der Waals surface area contributed by atoms with Crippen molar-refractivity contribution in [1.29, 1.82) is 0 Å². The van der Waals surface area contributed by atoms with E-state index in [0.29, 0.717) is 25.8 Å². The average Bonchev–Trinajstić information content (AvgIpc) is 2.52. The van der Waals surface area contributed by atoms with Crippen LogP contribution in [-0.2, 0) is 16.1 Å². The van der Waals surface area contributed by atoms with Crippen LogP contribution in [0.5, 0.6) is 0 Å². The molecule has 0 aliphatic carbocycles. The van der Waals surface area contributed by atoms with Crippen molar-refractivity contribution in [3.63, 3.8) is 0 Å². The van der Waals surface area contributed by atoms with E-state index in [9.17, 15) is 9.59 Å². The predicted molar refractivity (Wildman–Crippen MR) is 80.3 cm³/mol. The zero-order valence-corrected chi connectivity index (χ0v) is 12.9. The molecule has 5 nitrogen and oxygen atoms in total. The molecule has 0 aromatic carbocycles. The van der Waals surface area contributed by atoms with E-state index in [1.54, 1.807) is 17.3 Å². The normalized spacial score (nSPS) is 21.3. The van der Waals surface area contributed by atoms with Gasteiger partial charge in [-0.3, -0.25) is 14.6 Å². The van der Waals surface area contributed by atoms with Crippen LogP contribution >= 0.6 is 0 Å². The summed E-state index contributed by atoms with van der Waals surface area (Å²) >= 11 is 0. The summed E-state index contributed by atoms with van der Waals surface area (Å²) < 4.78 is 0. The van der Waals surface area contributed by atoms with Gasteiger partial charge in [0, 0.05) is 18.9 Å². The first-order chi connectivity index (χ1) is 10.1. The lowest BCUT2D eigenvalue weighted by atomic mass is 9.86. The van der Waals surface area contributed by atoms with Crippen LogP contribution in [0.15, 0.2) is 24.5 Å². The molecule has 1 aliphatic rings. The first-order valence-corrected chi connectivity index (χ1v) is 7.60. The molecule has 1 N–H and O–H groups in total. The second-order valence-electron chi connectivity index (χ2n) is 5.50. The van der Waals surface area contributed by atoms with Gasteiger partial charge >= 0.3 is 0 Å². The number of hydrogen-bond donors (Lipinski definition) is 1. The van der Waals surface area contributed by atoms with E-state index in [0.717, 1.165) is 5.56 Å². The van der Waals surface area contributed by atoms with Gasteiger partial charge in [-0.15, -0.1) is 0 Å². The van der Waals surface area contributed by atoms with E-state index in [1.807, 2.05) is 32.9 Å². The first kappa shape index (κ1) is 15.5. The molecule has 0 radical (unpaired) electrons. The summed E-state index contributed by atoms with van der Waals surface area (Å²) in [4.78, 5) is 31.1. The van der Waals surface area contributed by atoms with Crippen LogP contribution in [0.4, 0.5) is 0 Å². The minimum atomic E-state index is -0.759. The summed E-state index contributed by atoms with van der Waals surface area (Å²) in [6.07, 6.45) is 5.27. The van der Waals surface area contributed by atoms with Crippen LogP contribution in [0.25, 0.3) is 0 Å². The van der Waals surface area contributed by atoms with Gasteiger partial charge in [0.15, 0.2) is 0 Å². The minimum absolute atomic E-state index is 0.0165. The van der Waals surface area contributed by atoms with E-state index in [-0.39, 0.29) is 11.8 Å². The number of amides is 2. The molecule has 0 spiro atoms. The van der Waals surface area contributed by atoms with Crippen LogP contribution in [0.3, 0.4) is 0 Å². The van der Waals surface area contributed by atoms with E-state index in [1.165, 1.54) is 0 Å². The summed E-state index contributed by atoms with van der Waals surface area (Å²) in [5.74, 6) is -0.0347. The fourth-order valence-corrected chi connectivity index (χ4v) is 2.94. The second kappa shape index (κ2) is 6.24. The fraction of sp³-hybridized carbons (Fsp3) is 0.562. The Morgan fingerprint density at radius 3 is 2.52 bits per heavy atom. The Morgan fingerprint density at radius 2 is 2.00 bits per heavy atom. The third kappa shape index (κ3) is 2.77. The predicted octanol–water partition coefficient (Wildman–Crippen LogP) is 1.88. The standard InChI is InChI=1S/C16H23N3O2/c1-4-13-14(20)18-16(5-2,6-3)15(21)19(13)11-12-8-7-9-17-10-12/h7-10,13H,4-6,11H2,1-3H3,(H,18,20). The Morgan fingerprint density at radius 1 is 1.29 bits per heavy atom. The van der Waals surface area contributed by atoms with E-state index >= 15 is 0 Å². The van der Waals surface area contributed by atoms with Crippen molar-refractivity contribution >= 4 is 11.8 Å². The molecular weight excluding hydrogens is 266 g/mol. The lowest BCUT2D eigenvalue weighted by Crippen LogP contribution is -2.69. The number of aromatic nitrogens is 1. The second-order valence-corrected chi connectivity index (χ2v) is 5.50. The topological polar surface area (TPSA) is 62.3 Å². The smallest absolute Gasteiger partial charge is 0.249 e. The van der Waals surface area contributed by atoms with Crippen LogP contribution in [0.2, 0.25) is 0 Å². The van der Waals surface area contributed by atoms with Gasteiger partial charge in [0.1, 0.15) is 11.6 Å². The van der Waals surface area contributed by atoms with Crippen LogP contribution in [0, 0.1) is 0 Å². The molecule has 1 aromatic rings. The SMILES string of the molecule is CCC1C(=O)NC(CC)(CC)C(=O)N1Cc1cccnc1. The van der Waals surface area contributed by atoms with Crippen molar-refractivity contribution < 1.29 is 9.59 Å². The lowest BCUT2D eigenvalue weighted by Gasteiger charge is -2.45. The number of pyridine rings is 1. The largest absolute Gasteiger partial charge is 0.340 e. The molecule has 0 bridgehead atoms. The maximum Gasteiger partial charge on any atom is 0.249 e. The first-order valence-electron chi connectivity index (χ1n) is 7.60. The van der Waals surface area contributed by atoms with Gasteiger partial charge in [-0.2, -0.15) is 0 Å².